The van der Waals surface area contributed by atoms with Crippen LogP contribution in [-0.2, 0) is 4.74 Å². The van der Waals surface area contributed by atoms with Crippen molar-refractivity contribution in [1.29, 1.82) is 0 Å². The molecule has 3 N–H and O–H groups in total. The summed E-state index contributed by atoms with van der Waals surface area (Å²) in [4.78, 5) is 24.5. The maximum absolute atomic E-state index is 12.3. The minimum Gasteiger partial charge on any atom is -0.383 e. The van der Waals surface area contributed by atoms with Crippen LogP contribution in [0.25, 0.3) is 0 Å². The van der Waals surface area contributed by atoms with Crippen molar-refractivity contribution in [3.63, 3.8) is 0 Å². The first-order valence-electron chi connectivity index (χ1n) is 7.75. The number of amides is 2. The lowest BCUT2D eigenvalue weighted by Gasteiger charge is -2.13. The first kappa shape index (κ1) is 19.8. The van der Waals surface area contributed by atoms with Gasteiger partial charge in [0.2, 0.25) is 0 Å². The van der Waals surface area contributed by atoms with Gasteiger partial charge in [-0.3, -0.25) is 14.9 Å². The van der Waals surface area contributed by atoms with Gasteiger partial charge in [0, 0.05) is 24.2 Å². The van der Waals surface area contributed by atoms with Crippen LogP contribution in [0.5, 0.6) is 0 Å². The Bertz CT molecular complexity index is 814. The molecule has 0 unspecified atom stereocenters. The van der Waals surface area contributed by atoms with E-state index in [1.54, 1.807) is 49.6 Å². The van der Waals surface area contributed by atoms with Crippen molar-refractivity contribution in [1.82, 2.24) is 10.6 Å². The van der Waals surface area contributed by atoms with Gasteiger partial charge in [-0.1, -0.05) is 29.8 Å². The molecule has 26 heavy (non-hydrogen) atoms. The third-order valence-electron chi connectivity index (χ3n) is 3.33. The lowest BCUT2D eigenvalue weighted by Crippen LogP contribution is -2.35. The van der Waals surface area contributed by atoms with Crippen LogP contribution in [-0.4, -0.2) is 37.2 Å². The van der Waals surface area contributed by atoms with E-state index >= 15 is 0 Å². The molecule has 0 aliphatic heterocycles. The molecule has 0 radical (unpaired) electrons. The van der Waals surface area contributed by atoms with Crippen LogP contribution in [0.1, 0.15) is 20.7 Å². The number of hydrogen-bond acceptors (Lipinski definition) is 4. The van der Waals surface area contributed by atoms with Gasteiger partial charge < -0.3 is 15.4 Å². The minimum absolute atomic E-state index is 0.0760. The number of para-hydroxylation sites is 1. The monoisotopic (exact) mass is 391 g/mol. The van der Waals surface area contributed by atoms with E-state index < -0.39 is 5.91 Å². The molecule has 0 fully saturated rings. The Morgan fingerprint density at radius 2 is 1.88 bits per heavy atom. The Morgan fingerprint density at radius 3 is 2.62 bits per heavy atom. The third-order valence-corrected chi connectivity index (χ3v) is 3.76. The molecule has 0 aliphatic carbocycles. The van der Waals surface area contributed by atoms with E-state index in [1.165, 1.54) is 6.07 Å². The lowest BCUT2D eigenvalue weighted by atomic mass is 10.1. The zero-order valence-electron chi connectivity index (χ0n) is 14.0. The molecule has 2 amide bonds. The zero-order valence-corrected chi connectivity index (χ0v) is 15.6. The molecule has 0 bridgehead atoms. The number of anilines is 1. The highest BCUT2D eigenvalue weighted by molar-refractivity contribution is 7.80. The van der Waals surface area contributed by atoms with Crippen LogP contribution in [0.2, 0.25) is 5.02 Å². The minimum atomic E-state index is -0.396. The summed E-state index contributed by atoms with van der Waals surface area (Å²) in [7, 11) is 1.56. The van der Waals surface area contributed by atoms with E-state index in [4.69, 9.17) is 28.6 Å². The largest absolute Gasteiger partial charge is 0.383 e. The Morgan fingerprint density at radius 1 is 1.12 bits per heavy atom. The van der Waals surface area contributed by atoms with Crippen molar-refractivity contribution in [2.45, 2.75) is 0 Å². The van der Waals surface area contributed by atoms with Gasteiger partial charge in [0.05, 0.1) is 17.9 Å². The molecule has 0 saturated heterocycles. The average Bonchev–Trinajstić information content (AvgIpc) is 2.62. The highest BCUT2D eigenvalue weighted by Gasteiger charge is 2.13. The Balaban J connectivity index is 2.02. The topological polar surface area (TPSA) is 79.5 Å². The molecule has 2 rings (SSSR count). The summed E-state index contributed by atoms with van der Waals surface area (Å²) in [6.45, 7) is 0.801. The number of thiocarbonyl (C=S) groups is 1. The van der Waals surface area contributed by atoms with E-state index in [-0.39, 0.29) is 11.0 Å². The van der Waals surface area contributed by atoms with Gasteiger partial charge in [0.15, 0.2) is 5.11 Å². The Kier molecular flexibility index (Phi) is 7.53. The molecule has 0 heterocycles. The molecule has 0 atom stereocenters. The van der Waals surface area contributed by atoms with Gasteiger partial charge in [0.25, 0.3) is 11.8 Å². The van der Waals surface area contributed by atoms with E-state index in [2.05, 4.69) is 16.0 Å². The van der Waals surface area contributed by atoms with E-state index in [0.717, 1.165) is 0 Å². The van der Waals surface area contributed by atoms with Crippen LogP contribution in [0.4, 0.5) is 5.69 Å². The number of carbonyl (C=O) groups excluding carboxylic acids is 2. The van der Waals surface area contributed by atoms with Crippen molar-refractivity contribution >= 4 is 46.4 Å². The van der Waals surface area contributed by atoms with E-state index in [0.29, 0.717) is 35.0 Å². The molecule has 0 aliphatic rings. The number of benzene rings is 2. The van der Waals surface area contributed by atoms with Gasteiger partial charge in [0.1, 0.15) is 0 Å². The van der Waals surface area contributed by atoms with Gasteiger partial charge in [-0.2, -0.15) is 0 Å². The smallest absolute Gasteiger partial charge is 0.257 e. The van der Waals surface area contributed by atoms with Crippen LogP contribution in [0.3, 0.4) is 0 Å². The third kappa shape index (κ3) is 5.80. The lowest BCUT2D eigenvalue weighted by molar-refractivity contribution is 0.0937. The summed E-state index contributed by atoms with van der Waals surface area (Å²) < 4.78 is 4.91. The molecule has 2 aromatic carbocycles. The van der Waals surface area contributed by atoms with Crippen molar-refractivity contribution in [2.24, 2.45) is 0 Å². The standard InChI is InChI=1S/C18H18ClN3O3S/c1-25-10-9-20-17(24)14-7-2-3-8-15(14)21-18(26)22-16(23)12-5-4-6-13(19)11-12/h2-8,11H,9-10H2,1H3,(H,20,24)(H2,21,22,23,26). The fraction of sp³-hybridized carbons (Fsp3) is 0.167. The SMILES string of the molecule is COCCNC(=O)c1ccccc1NC(=S)NC(=O)c1cccc(Cl)c1. The average molecular weight is 392 g/mol. The predicted octanol–water partition coefficient (Wildman–Crippen LogP) is 2.84. The van der Waals surface area contributed by atoms with Gasteiger partial charge in [-0.05, 0) is 42.5 Å². The molecule has 2 aromatic rings. The number of rotatable bonds is 6. The van der Waals surface area contributed by atoms with Gasteiger partial charge in [-0.25, -0.2) is 0 Å². The highest BCUT2D eigenvalue weighted by Crippen LogP contribution is 2.15. The van der Waals surface area contributed by atoms with Gasteiger partial charge in [-0.15, -0.1) is 0 Å². The molecule has 0 spiro atoms. The number of nitrogens with one attached hydrogen (secondary N) is 3. The van der Waals surface area contributed by atoms with E-state index in [9.17, 15) is 9.59 Å². The van der Waals surface area contributed by atoms with Crippen molar-refractivity contribution in [3.8, 4) is 0 Å². The van der Waals surface area contributed by atoms with Crippen molar-refractivity contribution in [2.75, 3.05) is 25.6 Å². The summed E-state index contributed by atoms with van der Waals surface area (Å²) in [6, 6.07) is 13.4. The molecule has 0 saturated carbocycles. The highest BCUT2D eigenvalue weighted by atomic mass is 35.5. The molecule has 8 heteroatoms. The number of hydrogen-bond donors (Lipinski definition) is 3. The van der Waals surface area contributed by atoms with Crippen molar-refractivity contribution < 1.29 is 14.3 Å². The predicted molar refractivity (Wildman–Crippen MR) is 106 cm³/mol. The second kappa shape index (κ2) is 9.86. The summed E-state index contributed by atoms with van der Waals surface area (Å²) in [5.74, 6) is -0.666. The maximum Gasteiger partial charge on any atom is 0.257 e. The Hall–Kier alpha value is -2.48. The van der Waals surface area contributed by atoms with Crippen LogP contribution >= 0.6 is 23.8 Å². The first-order valence-corrected chi connectivity index (χ1v) is 8.54. The second-order valence-corrected chi connectivity index (χ2v) is 6.06. The van der Waals surface area contributed by atoms with Crippen LogP contribution in [0.15, 0.2) is 48.5 Å². The normalized spacial score (nSPS) is 10.1. The number of ether oxygens (including phenoxy) is 1. The number of carbonyl (C=O) groups is 2. The maximum atomic E-state index is 12.3. The summed E-state index contributed by atoms with van der Waals surface area (Å²) in [5.41, 5.74) is 1.27. The second-order valence-electron chi connectivity index (χ2n) is 5.21. The van der Waals surface area contributed by atoms with Crippen molar-refractivity contribution in [3.05, 3.63) is 64.7 Å². The number of halogens is 1. The molecular weight excluding hydrogens is 374 g/mol. The van der Waals surface area contributed by atoms with Crippen LogP contribution in [0, 0.1) is 0 Å². The molecule has 0 aromatic heterocycles. The quantitative estimate of drug-likeness (QED) is 0.521. The van der Waals surface area contributed by atoms with Crippen LogP contribution < -0.4 is 16.0 Å². The summed E-state index contributed by atoms with van der Waals surface area (Å²) >= 11 is 11.1. The molecule has 136 valence electrons. The fourth-order valence-corrected chi connectivity index (χ4v) is 2.50. The fourth-order valence-electron chi connectivity index (χ4n) is 2.11. The first-order chi connectivity index (χ1) is 12.5. The molecule has 6 nitrogen and oxygen atoms in total. The zero-order chi connectivity index (χ0) is 18.9. The Labute approximate surface area is 161 Å². The van der Waals surface area contributed by atoms with Gasteiger partial charge >= 0.3 is 0 Å². The summed E-state index contributed by atoms with van der Waals surface area (Å²) in [6.07, 6.45) is 0. The number of methoxy groups -OCH3 is 1. The summed E-state index contributed by atoms with van der Waals surface area (Å²) in [5, 5.41) is 8.70. The van der Waals surface area contributed by atoms with E-state index in [1.807, 2.05) is 0 Å². The molecular formula is C18H18ClN3O3S.